The quantitative estimate of drug-likeness (QED) is 0.604. The van der Waals surface area contributed by atoms with Crippen LogP contribution in [0.25, 0.3) is 0 Å². The third kappa shape index (κ3) is 2.06. The monoisotopic (exact) mass is 276 g/mol. The summed E-state index contributed by atoms with van der Waals surface area (Å²) in [5.41, 5.74) is 4.54. The van der Waals surface area contributed by atoms with Crippen molar-refractivity contribution in [2.45, 2.75) is 83.6 Å². The van der Waals surface area contributed by atoms with Crippen molar-refractivity contribution in [1.82, 2.24) is 5.43 Å². The summed E-state index contributed by atoms with van der Waals surface area (Å²) in [5.74, 6) is 9.00. The van der Waals surface area contributed by atoms with E-state index in [-0.39, 0.29) is 0 Å². The van der Waals surface area contributed by atoms with Gasteiger partial charge in [-0.05, 0) is 80.0 Å². The molecule has 2 heteroatoms. The number of rotatable bonds is 3. The fraction of sp³-hybridized carbons (Fsp3) is 1.00. The lowest BCUT2D eigenvalue weighted by atomic mass is 9.42. The highest BCUT2D eigenvalue weighted by molar-refractivity contribution is 5.10. The minimum atomic E-state index is 0.551. The first kappa shape index (κ1) is 13.6. The second-order valence-corrected chi connectivity index (χ2v) is 9.18. The Morgan fingerprint density at radius 1 is 1.00 bits per heavy atom. The molecule has 114 valence electrons. The Morgan fingerprint density at radius 2 is 1.65 bits per heavy atom. The lowest BCUT2D eigenvalue weighted by Crippen LogP contribution is -2.62. The predicted molar refractivity (Wildman–Crippen MR) is 82.9 cm³/mol. The molecule has 0 aromatic rings. The molecular weight excluding hydrogens is 244 g/mol. The second-order valence-electron chi connectivity index (χ2n) is 9.18. The molecule has 0 spiro atoms. The van der Waals surface area contributed by atoms with Gasteiger partial charge in [0.05, 0.1) is 0 Å². The van der Waals surface area contributed by atoms with E-state index in [0.29, 0.717) is 16.9 Å². The standard InChI is InChI=1S/C18H32N2/c1-17-8-13-7-14(9-17)11-18(10-13,12-17)16(20-19)15-5-3-2-4-6-15/h13-16,20H,2-12,19H2,1H3. The maximum Gasteiger partial charge on any atom is 0.0295 e. The van der Waals surface area contributed by atoms with Gasteiger partial charge in [0.15, 0.2) is 0 Å². The summed E-state index contributed by atoms with van der Waals surface area (Å²) in [6.45, 7) is 2.58. The Morgan fingerprint density at radius 3 is 2.20 bits per heavy atom. The van der Waals surface area contributed by atoms with Gasteiger partial charge in [-0.3, -0.25) is 11.3 Å². The summed E-state index contributed by atoms with van der Waals surface area (Å²) < 4.78 is 0. The van der Waals surface area contributed by atoms with Crippen LogP contribution in [-0.2, 0) is 0 Å². The summed E-state index contributed by atoms with van der Waals surface area (Å²) >= 11 is 0. The van der Waals surface area contributed by atoms with Gasteiger partial charge in [0, 0.05) is 6.04 Å². The van der Waals surface area contributed by atoms with Gasteiger partial charge in [-0.1, -0.05) is 26.2 Å². The fourth-order valence-electron chi connectivity index (χ4n) is 7.44. The molecular formula is C18H32N2. The molecule has 20 heavy (non-hydrogen) atoms. The van der Waals surface area contributed by atoms with Crippen LogP contribution in [0.4, 0.5) is 0 Å². The van der Waals surface area contributed by atoms with Crippen LogP contribution in [0.5, 0.6) is 0 Å². The minimum Gasteiger partial charge on any atom is -0.271 e. The predicted octanol–water partition coefficient (Wildman–Crippen LogP) is 4.01. The molecule has 5 rings (SSSR count). The number of hydrazine groups is 1. The number of nitrogens with one attached hydrogen (secondary N) is 1. The van der Waals surface area contributed by atoms with Crippen LogP contribution >= 0.6 is 0 Å². The van der Waals surface area contributed by atoms with Gasteiger partial charge in [-0.15, -0.1) is 0 Å². The summed E-state index contributed by atoms with van der Waals surface area (Å²) in [7, 11) is 0. The van der Waals surface area contributed by atoms with E-state index in [4.69, 9.17) is 5.84 Å². The second kappa shape index (κ2) is 4.71. The minimum absolute atomic E-state index is 0.551. The number of hydrogen-bond donors (Lipinski definition) is 2. The van der Waals surface area contributed by atoms with E-state index in [1.165, 1.54) is 70.6 Å². The number of hydrogen-bond acceptors (Lipinski definition) is 2. The number of nitrogens with two attached hydrogens (primary N) is 1. The van der Waals surface area contributed by atoms with Crippen molar-refractivity contribution >= 4 is 0 Å². The molecule has 3 N–H and O–H groups in total. The third-order valence-electron chi connectivity index (χ3n) is 7.36. The SMILES string of the molecule is CC12CC3CC(C1)CC(C(NN)C1CCCCC1)(C3)C2. The lowest BCUT2D eigenvalue weighted by Gasteiger charge is -2.64. The molecule has 4 bridgehead atoms. The molecule has 0 heterocycles. The molecule has 5 aliphatic carbocycles. The molecule has 0 saturated heterocycles. The zero-order valence-corrected chi connectivity index (χ0v) is 13.2. The largest absolute Gasteiger partial charge is 0.271 e. The first-order valence-corrected chi connectivity index (χ1v) is 9.09. The molecule has 0 radical (unpaired) electrons. The zero-order chi connectivity index (χ0) is 13.8. The first-order chi connectivity index (χ1) is 9.62. The molecule has 0 amide bonds. The van der Waals surface area contributed by atoms with Crippen molar-refractivity contribution < 1.29 is 0 Å². The van der Waals surface area contributed by atoms with Crippen molar-refractivity contribution in [3.05, 3.63) is 0 Å². The summed E-state index contributed by atoms with van der Waals surface area (Å²) in [6, 6.07) is 0.605. The van der Waals surface area contributed by atoms with Crippen molar-refractivity contribution in [3.8, 4) is 0 Å². The van der Waals surface area contributed by atoms with Crippen LogP contribution in [0.1, 0.15) is 77.6 Å². The summed E-state index contributed by atoms with van der Waals surface area (Å²) in [4.78, 5) is 0. The van der Waals surface area contributed by atoms with E-state index >= 15 is 0 Å². The van der Waals surface area contributed by atoms with Crippen molar-refractivity contribution in [3.63, 3.8) is 0 Å². The van der Waals surface area contributed by atoms with Crippen LogP contribution in [0, 0.1) is 28.6 Å². The van der Waals surface area contributed by atoms with Crippen LogP contribution in [0.15, 0.2) is 0 Å². The van der Waals surface area contributed by atoms with Gasteiger partial charge >= 0.3 is 0 Å². The maximum atomic E-state index is 6.12. The Bertz CT molecular complexity index is 358. The Balaban J connectivity index is 1.61. The van der Waals surface area contributed by atoms with E-state index < -0.39 is 0 Å². The van der Waals surface area contributed by atoms with E-state index in [2.05, 4.69) is 12.3 Å². The molecule has 5 aliphatic rings. The topological polar surface area (TPSA) is 38.0 Å². The van der Waals surface area contributed by atoms with Crippen LogP contribution in [0.3, 0.4) is 0 Å². The van der Waals surface area contributed by atoms with E-state index in [1.54, 1.807) is 0 Å². The van der Waals surface area contributed by atoms with Gasteiger partial charge in [-0.25, -0.2) is 0 Å². The van der Waals surface area contributed by atoms with Gasteiger partial charge in [0.25, 0.3) is 0 Å². The average molecular weight is 276 g/mol. The van der Waals surface area contributed by atoms with E-state index in [0.717, 1.165) is 17.8 Å². The van der Waals surface area contributed by atoms with Gasteiger partial charge in [0.2, 0.25) is 0 Å². The fourth-order valence-corrected chi connectivity index (χ4v) is 7.44. The van der Waals surface area contributed by atoms with E-state index in [9.17, 15) is 0 Å². The van der Waals surface area contributed by atoms with Crippen molar-refractivity contribution in [2.75, 3.05) is 0 Å². The molecule has 3 unspecified atom stereocenters. The molecule has 2 nitrogen and oxygen atoms in total. The molecule has 0 aromatic carbocycles. The summed E-state index contributed by atoms with van der Waals surface area (Å²) in [6.07, 6.45) is 16.1. The highest BCUT2D eigenvalue weighted by atomic mass is 15.2. The zero-order valence-electron chi connectivity index (χ0n) is 13.2. The Hall–Kier alpha value is -0.0800. The van der Waals surface area contributed by atoms with Crippen LogP contribution in [-0.4, -0.2) is 6.04 Å². The molecule has 0 aromatic heterocycles. The molecule has 0 aliphatic heterocycles. The Kier molecular flexibility index (Phi) is 3.20. The highest BCUT2D eigenvalue weighted by Gasteiger charge is 2.59. The van der Waals surface area contributed by atoms with Crippen LogP contribution in [0.2, 0.25) is 0 Å². The lowest BCUT2D eigenvalue weighted by molar-refractivity contribution is -0.128. The molecule has 5 fully saturated rings. The van der Waals surface area contributed by atoms with Gasteiger partial charge in [0.1, 0.15) is 0 Å². The van der Waals surface area contributed by atoms with Crippen molar-refractivity contribution in [1.29, 1.82) is 0 Å². The van der Waals surface area contributed by atoms with Gasteiger partial charge in [-0.2, -0.15) is 0 Å². The smallest absolute Gasteiger partial charge is 0.0295 e. The van der Waals surface area contributed by atoms with Crippen molar-refractivity contribution in [2.24, 2.45) is 34.4 Å². The van der Waals surface area contributed by atoms with Gasteiger partial charge < -0.3 is 0 Å². The van der Waals surface area contributed by atoms with Crippen LogP contribution < -0.4 is 11.3 Å². The third-order valence-corrected chi connectivity index (χ3v) is 7.36. The summed E-state index contributed by atoms with van der Waals surface area (Å²) in [5, 5.41) is 0. The molecule has 5 saturated carbocycles. The highest BCUT2D eigenvalue weighted by Crippen LogP contribution is 2.67. The van der Waals surface area contributed by atoms with E-state index in [1.807, 2.05) is 0 Å². The average Bonchev–Trinajstić information content (AvgIpc) is 2.37. The Labute approximate surface area is 124 Å². The molecule has 3 atom stereocenters. The normalized spacial score (nSPS) is 49.5. The first-order valence-electron chi connectivity index (χ1n) is 9.09. The maximum absolute atomic E-state index is 6.12.